The first-order valence-electron chi connectivity index (χ1n) is 11.2. The van der Waals surface area contributed by atoms with Gasteiger partial charge in [-0.05, 0) is 32.8 Å². The monoisotopic (exact) mass is 462 g/mol. The van der Waals surface area contributed by atoms with Crippen LogP contribution in [0.5, 0.6) is 0 Å². The van der Waals surface area contributed by atoms with Gasteiger partial charge in [-0.3, -0.25) is 9.69 Å². The van der Waals surface area contributed by atoms with Crippen molar-refractivity contribution in [3.8, 4) is 0 Å². The summed E-state index contributed by atoms with van der Waals surface area (Å²) in [6.45, 7) is 7.52. The smallest absolute Gasteiger partial charge is 0.417 e. The SMILES string of the molecule is COC1CC([C@H](OC)[C@@H](C)C(=O)N2C(=O)OC[C@H]2c2ccccc2)N(C(=O)OC(C)(C)C)C1. The van der Waals surface area contributed by atoms with E-state index >= 15 is 0 Å². The van der Waals surface area contributed by atoms with Crippen molar-refractivity contribution in [2.24, 2.45) is 5.92 Å². The number of amides is 3. The summed E-state index contributed by atoms with van der Waals surface area (Å²) < 4.78 is 22.0. The van der Waals surface area contributed by atoms with E-state index in [1.54, 1.807) is 39.7 Å². The Kier molecular flexibility index (Phi) is 7.64. The van der Waals surface area contributed by atoms with Crippen molar-refractivity contribution in [1.82, 2.24) is 9.80 Å². The second-order valence-corrected chi connectivity index (χ2v) is 9.49. The Morgan fingerprint density at radius 2 is 1.82 bits per heavy atom. The van der Waals surface area contributed by atoms with E-state index in [0.29, 0.717) is 13.0 Å². The maximum Gasteiger partial charge on any atom is 0.417 e. The van der Waals surface area contributed by atoms with Gasteiger partial charge in [-0.1, -0.05) is 37.3 Å². The maximum atomic E-state index is 13.5. The van der Waals surface area contributed by atoms with Crippen LogP contribution in [-0.2, 0) is 23.7 Å². The highest BCUT2D eigenvalue weighted by molar-refractivity contribution is 5.95. The fraction of sp³-hybridized carbons (Fsp3) is 0.625. The summed E-state index contributed by atoms with van der Waals surface area (Å²) in [5, 5.41) is 0. The lowest BCUT2D eigenvalue weighted by Crippen LogP contribution is -2.51. The van der Waals surface area contributed by atoms with Crippen LogP contribution >= 0.6 is 0 Å². The number of ether oxygens (including phenoxy) is 4. The lowest BCUT2D eigenvalue weighted by molar-refractivity contribution is -0.139. The molecule has 182 valence electrons. The second kappa shape index (κ2) is 10.1. The van der Waals surface area contributed by atoms with Gasteiger partial charge in [-0.15, -0.1) is 0 Å². The topological polar surface area (TPSA) is 94.6 Å². The second-order valence-electron chi connectivity index (χ2n) is 9.49. The summed E-state index contributed by atoms with van der Waals surface area (Å²) in [5.74, 6) is -1.14. The largest absolute Gasteiger partial charge is 0.446 e. The summed E-state index contributed by atoms with van der Waals surface area (Å²) in [4.78, 5) is 41.7. The maximum absolute atomic E-state index is 13.5. The van der Waals surface area contributed by atoms with Crippen molar-refractivity contribution in [2.75, 3.05) is 27.4 Å². The first-order chi connectivity index (χ1) is 15.6. The first kappa shape index (κ1) is 25.0. The van der Waals surface area contributed by atoms with E-state index in [-0.39, 0.29) is 12.7 Å². The minimum Gasteiger partial charge on any atom is -0.446 e. The Balaban J connectivity index is 1.83. The number of rotatable bonds is 6. The molecule has 0 N–H and O–H groups in total. The third-order valence-corrected chi connectivity index (χ3v) is 6.09. The van der Waals surface area contributed by atoms with Crippen molar-refractivity contribution in [3.05, 3.63) is 35.9 Å². The van der Waals surface area contributed by atoms with Crippen LogP contribution in [0.25, 0.3) is 0 Å². The van der Waals surface area contributed by atoms with E-state index in [1.807, 2.05) is 30.3 Å². The van der Waals surface area contributed by atoms with Crippen molar-refractivity contribution in [1.29, 1.82) is 0 Å². The predicted octanol–water partition coefficient (Wildman–Crippen LogP) is 3.38. The fourth-order valence-electron chi connectivity index (χ4n) is 4.48. The van der Waals surface area contributed by atoms with Gasteiger partial charge in [0, 0.05) is 14.2 Å². The van der Waals surface area contributed by atoms with Gasteiger partial charge in [0.05, 0.1) is 30.7 Å². The van der Waals surface area contributed by atoms with Crippen molar-refractivity contribution < 1.29 is 33.3 Å². The summed E-state index contributed by atoms with van der Waals surface area (Å²) in [6, 6.07) is 8.32. The molecule has 33 heavy (non-hydrogen) atoms. The zero-order valence-corrected chi connectivity index (χ0v) is 20.1. The Bertz CT molecular complexity index is 854. The Morgan fingerprint density at radius 1 is 1.15 bits per heavy atom. The quantitative estimate of drug-likeness (QED) is 0.640. The number of cyclic esters (lactones) is 1. The molecule has 2 heterocycles. The van der Waals surface area contributed by atoms with Crippen LogP contribution in [0.1, 0.15) is 45.7 Å². The van der Waals surface area contributed by atoms with Gasteiger partial charge in [0.25, 0.3) is 0 Å². The van der Waals surface area contributed by atoms with Gasteiger partial charge in [0.2, 0.25) is 5.91 Å². The molecule has 9 nitrogen and oxygen atoms in total. The normalized spacial score (nSPS) is 25.0. The zero-order chi connectivity index (χ0) is 24.3. The molecule has 0 bridgehead atoms. The summed E-state index contributed by atoms with van der Waals surface area (Å²) >= 11 is 0. The van der Waals surface area contributed by atoms with Crippen LogP contribution in [-0.4, -0.2) is 79.1 Å². The molecule has 3 rings (SSSR count). The average Bonchev–Trinajstić information content (AvgIpc) is 3.37. The standard InChI is InChI=1S/C24H34N2O7/c1-15(21(27)26-19(14-32-23(26)29)16-10-8-7-9-11-16)20(31-6)18-12-17(30-5)13-25(18)22(28)33-24(2,3)4/h7-11,15,17-20H,12-14H2,1-6H3/t15-,17?,18?,19+,20-/m1/s1. The van der Waals surface area contributed by atoms with E-state index in [0.717, 1.165) is 10.5 Å². The molecule has 0 radical (unpaired) electrons. The Morgan fingerprint density at radius 3 is 2.39 bits per heavy atom. The molecule has 2 aliphatic rings. The minimum absolute atomic E-state index is 0.0954. The summed E-state index contributed by atoms with van der Waals surface area (Å²) in [5.41, 5.74) is 0.146. The predicted molar refractivity (Wildman–Crippen MR) is 119 cm³/mol. The molecule has 0 spiro atoms. The highest BCUT2D eigenvalue weighted by Crippen LogP contribution is 2.33. The highest BCUT2D eigenvalue weighted by atomic mass is 16.6. The van der Waals surface area contributed by atoms with Crippen LogP contribution in [0, 0.1) is 5.92 Å². The van der Waals surface area contributed by atoms with Crippen molar-refractivity contribution >= 4 is 18.1 Å². The molecule has 2 saturated heterocycles. The summed E-state index contributed by atoms with van der Waals surface area (Å²) in [6.07, 6.45) is -1.57. The number of carbonyl (C=O) groups is 3. The molecular weight excluding hydrogens is 428 g/mol. The van der Waals surface area contributed by atoms with E-state index in [1.165, 1.54) is 7.11 Å². The van der Waals surface area contributed by atoms with Crippen molar-refractivity contribution in [3.63, 3.8) is 0 Å². The van der Waals surface area contributed by atoms with Crippen LogP contribution in [0.4, 0.5) is 9.59 Å². The molecule has 1 aromatic rings. The van der Waals surface area contributed by atoms with Gasteiger partial charge in [-0.2, -0.15) is 0 Å². The molecule has 3 amide bonds. The van der Waals surface area contributed by atoms with Gasteiger partial charge in [0.1, 0.15) is 18.2 Å². The molecule has 0 aromatic heterocycles. The molecular formula is C24H34N2O7. The molecule has 5 atom stereocenters. The van der Waals surface area contributed by atoms with E-state index < -0.39 is 47.8 Å². The molecule has 1 aromatic carbocycles. The zero-order valence-electron chi connectivity index (χ0n) is 20.1. The average molecular weight is 463 g/mol. The summed E-state index contributed by atoms with van der Waals surface area (Å²) in [7, 11) is 3.08. The number of hydrogen-bond donors (Lipinski definition) is 0. The minimum atomic E-state index is -0.725. The lowest BCUT2D eigenvalue weighted by Gasteiger charge is -2.35. The molecule has 0 aliphatic carbocycles. The van der Waals surface area contributed by atoms with Gasteiger partial charge in [0.15, 0.2) is 0 Å². The van der Waals surface area contributed by atoms with Gasteiger partial charge >= 0.3 is 12.2 Å². The lowest BCUT2D eigenvalue weighted by atomic mass is 9.93. The van der Waals surface area contributed by atoms with Crippen LogP contribution in [0.3, 0.4) is 0 Å². The third kappa shape index (κ3) is 5.47. The van der Waals surface area contributed by atoms with Gasteiger partial charge < -0.3 is 18.9 Å². The number of likely N-dealkylation sites (tertiary alicyclic amines) is 1. The number of methoxy groups -OCH3 is 2. The number of hydrogen-bond acceptors (Lipinski definition) is 7. The number of benzene rings is 1. The molecule has 2 aliphatic heterocycles. The molecule has 2 fully saturated rings. The van der Waals surface area contributed by atoms with E-state index in [4.69, 9.17) is 18.9 Å². The highest BCUT2D eigenvalue weighted by Gasteiger charge is 2.48. The fourth-order valence-corrected chi connectivity index (χ4v) is 4.48. The van der Waals surface area contributed by atoms with Crippen LogP contribution in [0.15, 0.2) is 30.3 Å². The number of carbonyl (C=O) groups excluding carboxylic acids is 3. The Hall–Kier alpha value is -2.65. The number of nitrogens with zero attached hydrogens (tertiary/aromatic N) is 2. The van der Waals surface area contributed by atoms with Crippen molar-refractivity contribution in [2.45, 2.75) is 64.0 Å². The first-order valence-corrected chi connectivity index (χ1v) is 11.2. The van der Waals surface area contributed by atoms with Crippen LogP contribution < -0.4 is 0 Å². The molecule has 9 heteroatoms. The van der Waals surface area contributed by atoms with E-state index in [2.05, 4.69) is 0 Å². The Labute approximate surface area is 194 Å². The third-order valence-electron chi connectivity index (χ3n) is 6.09. The number of imide groups is 1. The van der Waals surface area contributed by atoms with Gasteiger partial charge in [-0.25, -0.2) is 14.5 Å². The molecule has 0 saturated carbocycles. The molecule has 2 unspecified atom stereocenters. The van der Waals surface area contributed by atoms with E-state index in [9.17, 15) is 14.4 Å². The van der Waals surface area contributed by atoms with Crippen LogP contribution in [0.2, 0.25) is 0 Å².